The Morgan fingerprint density at radius 1 is 1.50 bits per heavy atom. The summed E-state index contributed by atoms with van der Waals surface area (Å²) in [5.41, 5.74) is 7.12. The molecule has 5 nitrogen and oxygen atoms in total. The maximum absolute atomic E-state index is 9.02. The fourth-order valence-corrected chi connectivity index (χ4v) is 2.67. The van der Waals surface area contributed by atoms with Gasteiger partial charge in [0.1, 0.15) is 29.0 Å². The van der Waals surface area contributed by atoms with E-state index >= 15 is 0 Å². The number of rotatable bonds is 2. The van der Waals surface area contributed by atoms with E-state index in [1.165, 1.54) is 11.5 Å². The number of anilines is 2. The maximum atomic E-state index is 9.02. The number of nitrogen functional groups attached to an aromatic ring is 1. The van der Waals surface area contributed by atoms with Gasteiger partial charge in [0.25, 0.3) is 0 Å². The SMILES string of the molecule is N#Cc1c(N)nsc1NC1COc2ccccc21. The molecule has 1 atom stereocenters. The minimum Gasteiger partial charge on any atom is -0.491 e. The lowest BCUT2D eigenvalue weighted by Gasteiger charge is -2.10. The van der Waals surface area contributed by atoms with Crippen molar-refractivity contribution < 1.29 is 4.74 Å². The van der Waals surface area contributed by atoms with Crippen LogP contribution in [0.15, 0.2) is 24.3 Å². The quantitative estimate of drug-likeness (QED) is 0.862. The largest absolute Gasteiger partial charge is 0.491 e. The second kappa shape index (κ2) is 4.20. The van der Waals surface area contributed by atoms with Crippen molar-refractivity contribution in [2.45, 2.75) is 6.04 Å². The third-order valence-corrected chi connectivity index (χ3v) is 3.63. The van der Waals surface area contributed by atoms with Crippen LogP contribution in [0.3, 0.4) is 0 Å². The number of benzene rings is 1. The summed E-state index contributed by atoms with van der Waals surface area (Å²) in [6.45, 7) is 0.544. The summed E-state index contributed by atoms with van der Waals surface area (Å²) >= 11 is 1.20. The van der Waals surface area contributed by atoms with Crippen LogP contribution in [0.2, 0.25) is 0 Å². The fourth-order valence-electron chi connectivity index (χ4n) is 1.95. The maximum Gasteiger partial charge on any atom is 0.157 e. The summed E-state index contributed by atoms with van der Waals surface area (Å²) in [5.74, 6) is 1.16. The van der Waals surface area contributed by atoms with Crippen molar-refractivity contribution >= 4 is 22.4 Å². The number of hydrogen-bond acceptors (Lipinski definition) is 6. The average molecular weight is 258 g/mol. The van der Waals surface area contributed by atoms with Crippen LogP contribution >= 0.6 is 11.5 Å². The Balaban J connectivity index is 1.89. The molecule has 0 radical (unpaired) electrons. The van der Waals surface area contributed by atoms with Crippen LogP contribution in [0.1, 0.15) is 17.2 Å². The van der Waals surface area contributed by atoms with Crippen molar-refractivity contribution in [1.82, 2.24) is 4.37 Å². The second-order valence-electron chi connectivity index (χ2n) is 3.93. The highest BCUT2D eigenvalue weighted by Crippen LogP contribution is 2.36. The molecule has 1 aromatic carbocycles. The average Bonchev–Trinajstić information content (AvgIpc) is 2.95. The van der Waals surface area contributed by atoms with Crippen LogP contribution in [-0.2, 0) is 0 Å². The smallest absolute Gasteiger partial charge is 0.157 e. The van der Waals surface area contributed by atoms with Crippen LogP contribution in [0, 0.1) is 11.3 Å². The van der Waals surface area contributed by atoms with E-state index in [-0.39, 0.29) is 11.9 Å². The molecule has 1 aliphatic heterocycles. The number of ether oxygens (including phenoxy) is 1. The van der Waals surface area contributed by atoms with Crippen LogP contribution in [0.4, 0.5) is 10.8 Å². The summed E-state index contributed by atoms with van der Waals surface area (Å²) < 4.78 is 9.55. The molecule has 1 aliphatic rings. The molecule has 1 aromatic heterocycles. The van der Waals surface area contributed by atoms with Gasteiger partial charge in [-0.2, -0.15) is 9.64 Å². The van der Waals surface area contributed by atoms with E-state index < -0.39 is 0 Å². The number of nitrogens with two attached hydrogens (primary N) is 1. The highest BCUT2D eigenvalue weighted by molar-refractivity contribution is 7.10. The van der Waals surface area contributed by atoms with E-state index in [0.29, 0.717) is 17.2 Å². The minimum atomic E-state index is 0.0353. The molecule has 0 saturated heterocycles. The van der Waals surface area contributed by atoms with Gasteiger partial charge in [-0.3, -0.25) is 0 Å². The first-order valence-corrected chi connectivity index (χ1v) is 6.20. The Morgan fingerprint density at radius 2 is 2.33 bits per heavy atom. The first kappa shape index (κ1) is 10.9. The third kappa shape index (κ3) is 1.65. The van der Waals surface area contributed by atoms with Gasteiger partial charge >= 0.3 is 0 Å². The normalized spacial score (nSPS) is 16.7. The molecule has 3 N–H and O–H groups in total. The topological polar surface area (TPSA) is 84.0 Å². The lowest BCUT2D eigenvalue weighted by molar-refractivity contribution is 0.340. The Labute approximate surface area is 108 Å². The molecule has 0 aliphatic carbocycles. The molecule has 6 heteroatoms. The van der Waals surface area contributed by atoms with E-state index in [9.17, 15) is 0 Å². The molecule has 1 unspecified atom stereocenters. The van der Waals surface area contributed by atoms with Gasteiger partial charge < -0.3 is 15.8 Å². The standard InChI is InChI=1S/C12H10N4OS/c13-5-8-11(14)16-18-12(8)15-9-6-17-10-4-2-1-3-7(9)10/h1-4,9,15H,6H2,(H2,14,16). The van der Waals surface area contributed by atoms with Crippen molar-refractivity contribution in [2.75, 3.05) is 17.7 Å². The highest BCUT2D eigenvalue weighted by atomic mass is 32.1. The van der Waals surface area contributed by atoms with Gasteiger partial charge in [-0.1, -0.05) is 18.2 Å². The van der Waals surface area contributed by atoms with Crippen molar-refractivity contribution in [3.05, 3.63) is 35.4 Å². The number of nitrogens with zero attached hydrogens (tertiary/aromatic N) is 2. The molecule has 0 saturated carbocycles. The number of nitrogens with one attached hydrogen (secondary N) is 1. The minimum absolute atomic E-state index is 0.0353. The van der Waals surface area contributed by atoms with Crippen molar-refractivity contribution in [1.29, 1.82) is 5.26 Å². The molecule has 0 fully saturated rings. The Hall–Kier alpha value is -2.26. The van der Waals surface area contributed by atoms with E-state index in [2.05, 4.69) is 15.8 Å². The van der Waals surface area contributed by atoms with Crippen molar-refractivity contribution in [2.24, 2.45) is 0 Å². The Morgan fingerprint density at radius 3 is 3.17 bits per heavy atom. The zero-order chi connectivity index (χ0) is 12.5. The summed E-state index contributed by atoms with van der Waals surface area (Å²) in [7, 11) is 0. The van der Waals surface area contributed by atoms with Gasteiger partial charge in [-0.05, 0) is 17.6 Å². The molecule has 18 heavy (non-hydrogen) atoms. The first-order valence-electron chi connectivity index (χ1n) is 5.43. The number of hydrogen-bond donors (Lipinski definition) is 2. The molecule has 0 amide bonds. The molecular weight excluding hydrogens is 248 g/mol. The van der Waals surface area contributed by atoms with Gasteiger partial charge in [0.15, 0.2) is 5.82 Å². The molecule has 3 rings (SSSR count). The van der Waals surface area contributed by atoms with Gasteiger partial charge in [0, 0.05) is 5.56 Å². The van der Waals surface area contributed by atoms with Crippen LogP contribution in [0.5, 0.6) is 5.75 Å². The van der Waals surface area contributed by atoms with Gasteiger partial charge in [-0.15, -0.1) is 0 Å². The summed E-state index contributed by atoms with van der Waals surface area (Å²) in [4.78, 5) is 0. The predicted molar refractivity (Wildman–Crippen MR) is 69.5 cm³/mol. The summed E-state index contributed by atoms with van der Waals surface area (Å²) in [5, 5.41) is 13.0. The summed E-state index contributed by atoms with van der Waals surface area (Å²) in [6, 6.07) is 9.94. The van der Waals surface area contributed by atoms with E-state index in [1.807, 2.05) is 24.3 Å². The molecule has 90 valence electrons. The third-order valence-electron chi connectivity index (χ3n) is 2.84. The van der Waals surface area contributed by atoms with Crippen LogP contribution in [0.25, 0.3) is 0 Å². The fraction of sp³-hybridized carbons (Fsp3) is 0.167. The molecule has 0 bridgehead atoms. The number of nitriles is 1. The van der Waals surface area contributed by atoms with E-state index in [1.54, 1.807) is 0 Å². The molecule has 0 spiro atoms. The number of para-hydroxylation sites is 1. The van der Waals surface area contributed by atoms with E-state index in [4.69, 9.17) is 15.7 Å². The lowest BCUT2D eigenvalue weighted by Crippen LogP contribution is -2.11. The van der Waals surface area contributed by atoms with Gasteiger partial charge in [0.2, 0.25) is 0 Å². The molecular formula is C12H10N4OS. The van der Waals surface area contributed by atoms with E-state index in [0.717, 1.165) is 11.3 Å². The van der Waals surface area contributed by atoms with Crippen LogP contribution in [-0.4, -0.2) is 11.0 Å². The van der Waals surface area contributed by atoms with Crippen LogP contribution < -0.4 is 15.8 Å². The molecule has 2 heterocycles. The van der Waals surface area contributed by atoms with Gasteiger partial charge in [0.05, 0.1) is 6.04 Å². The zero-order valence-electron chi connectivity index (χ0n) is 9.38. The van der Waals surface area contributed by atoms with Crippen molar-refractivity contribution in [3.63, 3.8) is 0 Å². The highest BCUT2D eigenvalue weighted by Gasteiger charge is 2.25. The summed E-state index contributed by atoms with van der Waals surface area (Å²) in [6.07, 6.45) is 0. The predicted octanol–water partition coefficient (Wildman–Crippen LogP) is 2.14. The number of fused-ring (bicyclic) bond motifs is 1. The Bertz CT molecular complexity index is 631. The first-order chi connectivity index (χ1) is 8.79. The zero-order valence-corrected chi connectivity index (χ0v) is 10.2. The Kier molecular flexibility index (Phi) is 2.54. The number of aromatic nitrogens is 1. The second-order valence-corrected chi connectivity index (χ2v) is 4.70. The molecule has 2 aromatic rings. The monoisotopic (exact) mass is 258 g/mol. The van der Waals surface area contributed by atoms with Crippen molar-refractivity contribution in [3.8, 4) is 11.8 Å². The lowest BCUT2D eigenvalue weighted by atomic mass is 10.1. The van der Waals surface area contributed by atoms with Gasteiger partial charge in [-0.25, -0.2) is 0 Å².